The molecule has 7 heteroatoms. The van der Waals surface area contributed by atoms with E-state index in [0.717, 1.165) is 0 Å². The molecule has 1 heterocycles. The molecular weight excluding hydrogens is 248 g/mol. The number of pyridine rings is 1. The monoisotopic (exact) mass is 258 g/mol. The molecule has 1 aromatic heterocycles. The molecule has 0 aliphatic carbocycles. The summed E-state index contributed by atoms with van der Waals surface area (Å²) >= 11 is -4.78. The van der Waals surface area contributed by atoms with Crippen LogP contribution in [0.5, 0.6) is 0 Å². The third-order valence-corrected chi connectivity index (χ3v) is 1.18. The third kappa shape index (κ3) is 9.42. The van der Waals surface area contributed by atoms with Crippen molar-refractivity contribution in [3.05, 3.63) is 24.5 Å². The molecule has 0 fully saturated rings. The van der Waals surface area contributed by atoms with Gasteiger partial charge in [0.25, 0.3) is 0 Å². The average Bonchev–Trinajstić information content (AvgIpc) is 2.03. The fourth-order valence-electron chi connectivity index (χ4n) is 0.642. The minimum atomic E-state index is -4.78. The maximum atomic E-state index is 9.03. The zero-order valence-corrected chi connectivity index (χ0v) is 9.78. The van der Waals surface area contributed by atoms with Crippen LogP contribution in [0.25, 0.3) is 0 Å². The molecule has 1 aromatic rings. The standard InChI is InChI=1S/C7H10N2.ClH.Cr.H2O.2O/c1-9(2)7-3-5-8-6-4-7;;;;;/h3-6H,1-2H3;1H;;1H2;;/q;;+2;;;/p-2. The maximum absolute atomic E-state index is 9.03. The van der Waals surface area contributed by atoms with Crippen LogP contribution < -0.4 is 4.90 Å². The molecule has 0 atom stereocenters. The first-order valence-electron chi connectivity index (χ1n) is 3.55. The van der Waals surface area contributed by atoms with Crippen molar-refractivity contribution in [2.45, 2.75) is 0 Å². The molecule has 0 bridgehead atoms. The molecule has 1 rings (SSSR count). The Balaban J connectivity index is 0.000000292. The summed E-state index contributed by atoms with van der Waals surface area (Å²) in [7, 11) is 8.15. The van der Waals surface area contributed by atoms with Crippen molar-refractivity contribution in [1.82, 2.24) is 4.98 Å². The fourth-order valence-corrected chi connectivity index (χ4v) is 0.642. The van der Waals surface area contributed by atoms with E-state index in [1.165, 1.54) is 5.69 Å². The van der Waals surface area contributed by atoms with Crippen molar-refractivity contribution in [3.63, 3.8) is 0 Å². The fraction of sp³-hybridized carbons (Fsp3) is 0.286. The van der Waals surface area contributed by atoms with E-state index in [1.54, 1.807) is 12.4 Å². The van der Waals surface area contributed by atoms with Gasteiger partial charge in [-0.05, 0) is 12.1 Å². The Kier molecular flexibility index (Phi) is 5.65. The van der Waals surface area contributed by atoms with Crippen LogP contribution in [-0.2, 0) is 20.0 Å². The van der Waals surface area contributed by atoms with Crippen LogP contribution in [0.2, 0.25) is 0 Å². The van der Waals surface area contributed by atoms with Crippen molar-refractivity contribution in [2.75, 3.05) is 19.0 Å². The van der Waals surface area contributed by atoms with Gasteiger partial charge in [-0.25, -0.2) is 0 Å². The van der Waals surface area contributed by atoms with Gasteiger partial charge in [-0.1, -0.05) is 0 Å². The van der Waals surface area contributed by atoms with Crippen LogP contribution in [0.4, 0.5) is 5.69 Å². The van der Waals surface area contributed by atoms with Gasteiger partial charge in [0.05, 0.1) is 0 Å². The van der Waals surface area contributed by atoms with Gasteiger partial charge in [0.1, 0.15) is 0 Å². The summed E-state index contributed by atoms with van der Waals surface area (Å²) in [6, 6.07) is 3.94. The van der Waals surface area contributed by atoms with Crippen molar-refractivity contribution in [1.29, 1.82) is 0 Å². The summed E-state index contributed by atoms with van der Waals surface area (Å²) in [4.78, 5) is 5.94. The van der Waals surface area contributed by atoms with Gasteiger partial charge in [0, 0.05) is 32.2 Å². The Labute approximate surface area is 88.6 Å². The van der Waals surface area contributed by atoms with Crippen molar-refractivity contribution < 1.29 is 24.1 Å². The number of nitrogens with zero attached hydrogens (tertiary/aromatic N) is 2. The number of anilines is 1. The summed E-state index contributed by atoms with van der Waals surface area (Å²) in [5, 5.41) is 0. The molecule has 0 saturated carbocycles. The molecule has 5 nitrogen and oxygen atoms in total. The zero-order valence-electron chi connectivity index (χ0n) is 7.75. The Bertz CT molecular complexity index is 344. The second-order valence-corrected chi connectivity index (χ2v) is 5.41. The predicted octanol–water partition coefficient (Wildman–Crippen LogP) is 1.04. The summed E-state index contributed by atoms with van der Waals surface area (Å²) in [6.45, 7) is 0. The summed E-state index contributed by atoms with van der Waals surface area (Å²) < 4.78 is 25.4. The number of aromatic nitrogens is 1. The molecule has 0 unspecified atom stereocenters. The van der Waals surface area contributed by atoms with E-state index in [1.807, 2.05) is 31.1 Å². The normalized spacial score (nSPS) is 10.0. The Morgan fingerprint density at radius 1 is 1.36 bits per heavy atom. The van der Waals surface area contributed by atoms with E-state index in [-0.39, 0.29) is 0 Å². The van der Waals surface area contributed by atoms with Gasteiger partial charge in [-0.2, -0.15) is 0 Å². The molecule has 14 heavy (non-hydrogen) atoms. The first-order valence-corrected chi connectivity index (χ1v) is 6.91. The summed E-state index contributed by atoms with van der Waals surface area (Å²) in [5.41, 5.74) is 1.19. The second kappa shape index (κ2) is 5.94. The van der Waals surface area contributed by atoms with Gasteiger partial charge < -0.3 is 4.90 Å². The van der Waals surface area contributed by atoms with Crippen LogP contribution in [0.1, 0.15) is 0 Å². The molecule has 0 spiro atoms. The van der Waals surface area contributed by atoms with E-state index in [9.17, 15) is 0 Å². The van der Waals surface area contributed by atoms with Gasteiger partial charge in [0.15, 0.2) is 0 Å². The second-order valence-electron chi connectivity index (χ2n) is 2.51. The van der Waals surface area contributed by atoms with E-state index >= 15 is 0 Å². The molecular formula is C7H11ClCrN2O3. The van der Waals surface area contributed by atoms with E-state index in [4.69, 9.17) is 11.8 Å². The topological polar surface area (TPSA) is 70.5 Å². The van der Waals surface area contributed by atoms with Crippen LogP contribution in [0.15, 0.2) is 24.5 Å². The minimum absolute atomic E-state index is 1.19. The van der Waals surface area contributed by atoms with Gasteiger partial charge in [-0.3, -0.25) is 4.98 Å². The molecule has 80 valence electrons. The quantitative estimate of drug-likeness (QED) is 0.815. The molecule has 0 radical (unpaired) electrons. The molecule has 0 saturated heterocycles. The molecule has 0 aliphatic rings. The van der Waals surface area contributed by atoms with Crippen molar-refractivity contribution in [3.8, 4) is 0 Å². The van der Waals surface area contributed by atoms with Gasteiger partial charge >= 0.3 is 34.2 Å². The van der Waals surface area contributed by atoms with Crippen LogP contribution >= 0.6 is 10.0 Å². The Hall–Kier alpha value is -0.668. The predicted molar refractivity (Wildman–Crippen MR) is 48.0 cm³/mol. The van der Waals surface area contributed by atoms with Crippen LogP contribution in [-0.4, -0.2) is 23.2 Å². The van der Waals surface area contributed by atoms with Crippen LogP contribution in [0.3, 0.4) is 0 Å². The van der Waals surface area contributed by atoms with E-state index in [2.05, 4.69) is 15.0 Å². The number of hydrogen-bond donors (Lipinski definition) is 1. The van der Waals surface area contributed by atoms with Gasteiger partial charge in [-0.15, -0.1) is 0 Å². The first-order chi connectivity index (χ1) is 6.30. The number of halogens is 1. The van der Waals surface area contributed by atoms with Gasteiger partial charge in [0.2, 0.25) is 0 Å². The first kappa shape index (κ1) is 13.3. The Morgan fingerprint density at radius 2 is 1.71 bits per heavy atom. The molecule has 1 N–H and O–H groups in total. The average molecular weight is 259 g/mol. The van der Waals surface area contributed by atoms with Crippen LogP contribution in [0, 0.1) is 0 Å². The summed E-state index contributed by atoms with van der Waals surface area (Å²) in [5.74, 6) is 0. The molecule has 0 aromatic carbocycles. The SMILES string of the molecule is CN(C)c1ccncc1.[O]=[Cr](=[O])([OH])[Cl]. The third-order valence-electron chi connectivity index (χ3n) is 1.18. The summed E-state index contributed by atoms with van der Waals surface area (Å²) in [6.07, 6.45) is 3.57. The molecule has 0 amide bonds. The number of rotatable bonds is 1. The Morgan fingerprint density at radius 3 is 1.93 bits per heavy atom. The van der Waals surface area contributed by atoms with Crippen molar-refractivity contribution >= 4 is 15.7 Å². The van der Waals surface area contributed by atoms with Crippen molar-refractivity contribution in [2.24, 2.45) is 0 Å². The van der Waals surface area contributed by atoms with E-state index < -0.39 is 12.4 Å². The molecule has 0 aliphatic heterocycles. The number of hydrogen-bond acceptors (Lipinski definition) is 4. The van der Waals surface area contributed by atoms with E-state index in [0.29, 0.717) is 0 Å². The zero-order chi connectivity index (χ0) is 11.2.